The molecule has 28 heavy (non-hydrogen) atoms. The maximum Gasteiger partial charge on any atom is 0.234 e. The number of aryl methyl sites for hydroxylation is 2. The first-order valence-corrected chi connectivity index (χ1v) is 10.7. The van der Waals surface area contributed by atoms with E-state index >= 15 is 0 Å². The Morgan fingerprint density at radius 3 is 2.68 bits per heavy atom. The van der Waals surface area contributed by atoms with Gasteiger partial charge in [-0.05, 0) is 61.6 Å². The molecule has 0 fully saturated rings. The molecule has 0 bridgehead atoms. The van der Waals surface area contributed by atoms with E-state index < -0.39 is 0 Å². The fourth-order valence-electron chi connectivity index (χ4n) is 3.04. The lowest BCUT2D eigenvalue weighted by atomic mass is 10.1. The number of hydrogen-bond acceptors (Lipinski definition) is 3. The van der Waals surface area contributed by atoms with Crippen LogP contribution in [0.1, 0.15) is 36.5 Å². The van der Waals surface area contributed by atoms with Gasteiger partial charge in [0.1, 0.15) is 0 Å². The Morgan fingerprint density at radius 1 is 1.14 bits per heavy atom. The van der Waals surface area contributed by atoms with Crippen LogP contribution in [0.2, 0.25) is 0 Å². The molecule has 3 aromatic rings. The molecule has 1 aromatic heterocycles. The van der Waals surface area contributed by atoms with E-state index in [2.05, 4.69) is 55.3 Å². The predicted octanol–water partition coefficient (Wildman–Crippen LogP) is 5.56. The molecule has 1 heterocycles. The van der Waals surface area contributed by atoms with Crippen molar-refractivity contribution < 1.29 is 4.79 Å². The van der Waals surface area contributed by atoms with Gasteiger partial charge < -0.3 is 5.32 Å². The molecule has 0 atom stereocenters. The summed E-state index contributed by atoms with van der Waals surface area (Å²) < 4.78 is 2.04. The zero-order chi connectivity index (χ0) is 19.9. The third-order valence-corrected chi connectivity index (χ3v) is 5.80. The molecule has 0 saturated heterocycles. The van der Waals surface area contributed by atoms with E-state index in [-0.39, 0.29) is 5.91 Å². The van der Waals surface area contributed by atoms with Crippen LogP contribution in [0.4, 0.5) is 5.69 Å². The third-order valence-electron chi connectivity index (χ3n) is 4.83. The summed E-state index contributed by atoms with van der Waals surface area (Å²) in [6.45, 7) is 6.40. The second-order valence-electron chi connectivity index (χ2n) is 6.94. The molecule has 4 nitrogen and oxygen atoms in total. The van der Waals surface area contributed by atoms with Crippen LogP contribution in [0, 0.1) is 13.8 Å². The van der Waals surface area contributed by atoms with E-state index in [1.807, 2.05) is 29.0 Å². The second-order valence-corrected chi connectivity index (χ2v) is 7.88. The van der Waals surface area contributed by atoms with Crippen molar-refractivity contribution in [2.24, 2.45) is 0 Å². The number of carbonyl (C=O) groups is 1. The van der Waals surface area contributed by atoms with Crippen molar-refractivity contribution >= 4 is 23.4 Å². The molecule has 5 heteroatoms. The molecule has 0 unspecified atom stereocenters. The molecule has 0 aliphatic rings. The molecule has 0 radical (unpaired) electrons. The van der Waals surface area contributed by atoms with Crippen molar-refractivity contribution in [1.29, 1.82) is 0 Å². The number of anilines is 1. The quantitative estimate of drug-likeness (QED) is 0.510. The van der Waals surface area contributed by atoms with Crippen molar-refractivity contribution in [2.45, 2.75) is 45.2 Å². The fraction of sp³-hybridized carbons (Fsp3) is 0.304. The van der Waals surface area contributed by atoms with Gasteiger partial charge in [0.05, 0.1) is 11.4 Å². The van der Waals surface area contributed by atoms with Crippen LogP contribution in [0.25, 0.3) is 5.69 Å². The smallest absolute Gasteiger partial charge is 0.234 e. The van der Waals surface area contributed by atoms with Crippen LogP contribution >= 0.6 is 11.8 Å². The number of nitrogens with one attached hydrogen (secondary N) is 1. The van der Waals surface area contributed by atoms with Crippen LogP contribution in [0.15, 0.2) is 60.0 Å². The van der Waals surface area contributed by atoms with Gasteiger partial charge in [-0.2, -0.15) is 0 Å². The third kappa shape index (κ3) is 5.04. The Balaban J connectivity index is 1.60. The number of unbranched alkanes of at least 4 members (excludes halogenated alkanes) is 1. The maximum absolute atomic E-state index is 12.4. The summed E-state index contributed by atoms with van der Waals surface area (Å²) in [6.07, 6.45) is 7.18. The minimum atomic E-state index is -0.0261. The Hall–Kier alpha value is -2.53. The van der Waals surface area contributed by atoms with Gasteiger partial charge in [0.15, 0.2) is 5.16 Å². The van der Waals surface area contributed by atoms with Crippen molar-refractivity contribution in [3.05, 3.63) is 71.5 Å². The molecular formula is C23H27N3OS. The summed E-state index contributed by atoms with van der Waals surface area (Å²) in [7, 11) is 0. The molecule has 1 amide bonds. The van der Waals surface area contributed by atoms with E-state index in [1.165, 1.54) is 41.3 Å². The monoisotopic (exact) mass is 393 g/mol. The number of hydrogen-bond donors (Lipinski definition) is 1. The van der Waals surface area contributed by atoms with Crippen molar-refractivity contribution in [3.8, 4) is 5.69 Å². The van der Waals surface area contributed by atoms with E-state index in [4.69, 9.17) is 0 Å². The lowest BCUT2D eigenvalue weighted by molar-refractivity contribution is -0.113. The van der Waals surface area contributed by atoms with Gasteiger partial charge in [-0.1, -0.05) is 49.4 Å². The van der Waals surface area contributed by atoms with Crippen molar-refractivity contribution in [2.75, 3.05) is 11.1 Å². The largest absolute Gasteiger partial charge is 0.325 e. The van der Waals surface area contributed by atoms with E-state index in [0.29, 0.717) is 5.75 Å². The van der Waals surface area contributed by atoms with E-state index in [9.17, 15) is 4.79 Å². The number of rotatable bonds is 8. The van der Waals surface area contributed by atoms with Gasteiger partial charge in [-0.15, -0.1) is 0 Å². The average Bonchev–Trinajstić information content (AvgIpc) is 3.16. The van der Waals surface area contributed by atoms with Gasteiger partial charge in [0, 0.05) is 18.1 Å². The van der Waals surface area contributed by atoms with Crippen LogP contribution < -0.4 is 5.32 Å². The van der Waals surface area contributed by atoms with Crippen LogP contribution in [-0.4, -0.2) is 21.2 Å². The average molecular weight is 394 g/mol. The standard InChI is InChI=1S/C23H27N3OS/c1-4-5-8-19-10-12-20(13-11-19)25-22(27)16-28-23-24-14-15-26(23)21-9-6-7-17(2)18(21)3/h6-7,9-15H,4-5,8,16H2,1-3H3,(H,25,27). The highest BCUT2D eigenvalue weighted by Crippen LogP contribution is 2.24. The Kier molecular flexibility index (Phi) is 6.93. The van der Waals surface area contributed by atoms with E-state index in [1.54, 1.807) is 6.20 Å². The summed E-state index contributed by atoms with van der Waals surface area (Å²) in [5, 5.41) is 3.79. The number of imidazole rings is 1. The minimum Gasteiger partial charge on any atom is -0.325 e. The van der Waals surface area contributed by atoms with Crippen LogP contribution in [-0.2, 0) is 11.2 Å². The number of amides is 1. The molecule has 1 N–H and O–H groups in total. The topological polar surface area (TPSA) is 46.9 Å². The second kappa shape index (κ2) is 9.60. The highest BCUT2D eigenvalue weighted by Gasteiger charge is 2.11. The first kappa shape index (κ1) is 20.2. The molecule has 146 valence electrons. The van der Waals surface area contributed by atoms with Crippen molar-refractivity contribution in [3.63, 3.8) is 0 Å². The zero-order valence-corrected chi connectivity index (χ0v) is 17.6. The summed E-state index contributed by atoms with van der Waals surface area (Å²) in [6, 6.07) is 14.4. The highest BCUT2D eigenvalue weighted by molar-refractivity contribution is 7.99. The molecule has 0 aliphatic carbocycles. The molecule has 0 aliphatic heterocycles. The van der Waals surface area contributed by atoms with Gasteiger partial charge in [0.25, 0.3) is 0 Å². The summed E-state index contributed by atoms with van der Waals surface area (Å²) in [5.41, 5.74) is 5.70. The van der Waals surface area contributed by atoms with Crippen LogP contribution in [0.3, 0.4) is 0 Å². The SMILES string of the molecule is CCCCc1ccc(NC(=O)CSc2nccn2-c2cccc(C)c2C)cc1. The summed E-state index contributed by atoms with van der Waals surface area (Å²) >= 11 is 1.44. The van der Waals surface area contributed by atoms with Crippen LogP contribution in [0.5, 0.6) is 0 Å². The number of aromatic nitrogens is 2. The summed E-state index contributed by atoms with van der Waals surface area (Å²) in [5.74, 6) is 0.293. The Labute approximate surface area is 171 Å². The maximum atomic E-state index is 12.4. The normalized spacial score (nSPS) is 10.8. The number of nitrogens with zero attached hydrogens (tertiary/aromatic N) is 2. The Morgan fingerprint density at radius 2 is 1.93 bits per heavy atom. The molecule has 0 spiro atoms. The lowest BCUT2D eigenvalue weighted by Crippen LogP contribution is -2.14. The van der Waals surface area contributed by atoms with Crippen molar-refractivity contribution in [1.82, 2.24) is 9.55 Å². The van der Waals surface area contributed by atoms with Gasteiger partial charge in [0.2, 0.25) is 5.91 Å². The highest BCUT2D eigenvalue weighted by atomic mass is 32.2. The van der Waals surface area contributed by atoms with Gasteiger partial charge in [-0.3, -0.25) is 9.36 Å². The number of carbonyl (C=O) groups excluding carboxylic acids is 1. The van der Waals surface area contributed by atoms with Gasteiger partial charge >= 0.3 is 0 Å². The predicted molar refractivity (Wildman–Crippen MR) is 117 cm³/mol. The first-order chi connectivity index (χ1) is 13.6. The molecule has 2 aromatic carbocycles. The Bertz CT molecular complexity index is 931. The van der Waals surface area contributed by atoms with E-state index in [0.717, 1.165) is 23.0 Å². The number of thioether (sulfide) groups is 1. The molecule has 3 rings (SSSR count). The number of benzene rings is 2. The molecule has 0 saturated carbocycles. The minimum absolute atomic E-state index is 0.0261. The molecular weight excluding hydrogens is 366 g/mol. The zero-order valence-electron chi connectivity index (χ0n) is 16.7. The summed E-state index contributed by atoms with van der Waals surface area (Å²) in [4.78, 5) is 16.8. The fourth-order valence-corrected chi connectivity index (χ4v) is 3.81. The lowest BCUT2D eigenvalue weighted by Gasteiger charge is -2.12. The van der Waals surface area contributed by atoms with Gasteiger partial charge in [-0.25, -0.2) is 4.98 Å². The first-order valence-electron chi connectivity index (χ1n) is 9.70.